The van der Waals surface area contributed by atoms with Crippen LogP contribution in [0.15, 0.2) is 54.6 Å². The van der Waals surface area contributed by atoms with Crippen molar-refractivity contribution in [3.63, 3.8) is 0 Å². The first kappa shape index (κ1) is 17.3. The standard InChI is InChI=1S/C25H22N4O/c1-14-9-10-21-18(11-14)25(24(30)28(21)4)27-19-8-6-5-7-17(19)23-26-20-12-15(2)16(3)13-22(20)29(23)25/h5-13,27H,1-4H3. The second-order valence-electron chi connectivity index (χ2n) is 8.46. The fourth-order valence-electron chi connectivity index (χ4n) is 4.93. The van der Waals surface area contributed by atoms with E-state index in [1.807, 2.05) is 31.3 Å². The minimum atomic E-state index is -1.06. The molecule has 0 saturated carbocycles. The van der Waals surface area contributed by atoms with Crippen molar-refractivity contribution in [3.05, 3.63) is 76.9 Å². The molecular weight excluding hydrogens is 372 g/mol. The summed E-state index contributed by atoms with van der Waals surface area (Å²) < 4.78 is 2.11. The van der Waals surface area contributed by atoms with Gasteiger partial charge in [-0.15, -0.1) is 0 Å². The van der Waals surface area contributed by atoms with Gasteiger partial charge in [-0.2, -0.15) is 0 Å². The van der Waals surface area contributed by atoms with Crippen LogP contribution in [0.1, 0.15) is 22.3 Å². The molecule has 2 aliphatic rings. The number of aryl methyl sites for hydroxylation is 3. The van der Waals surface area contributed by atoms with Gasteiger partial charge in [0.2, 0.25) is 5.66 Å². The van der Waals surface area contributed by atoms with Gasteiger partial charge in [0.25, 0.3) is 5.91 Å². The topological polar surface area (TPSA) is 50.2 Å². The molecule has 0 saturated heterocycles. The number of nitrogens with zero attached hydrogens (tertiary/aromatic N) is 3. The van der Waals surface area contributed by atoms with Crippen LogP contribution in [-0.2, 0) is 10.5 Å². The highest BCUT2D eigenvalue weighted by Crippen LogP contribution is 2.50. The number of carbonyl (C=O) groups is 1. The number of hydrogen-bond donors (Lipinski definition) is 1. The zero-order valence-corrected chi connectivity index (χ0v) is 17.4. The normalized spacial score (nSPS) is 19.1. The van der Waals surface area contributed by atoms with E-state index in [0.717, 1.165) is 44.9 Å². The van der Waals surface area contributed by atoms with E-state index >= 15 is 0 Å². The lowest BCUT2D eigenvalue weighted by molar-refractivity contribution is -0.122. The van der Waals surface area contributed by atoms with Gasteiger partial charge in [0.05, 0.1) is 16.7 Å². The van der Waals surface area contributed by atoms with Crippen LogP contribution in [0.25, 0.3) is 22.4 Å². The SMILES string of the molecule is Cc1ccc2c(c1)C1(Nc3ccccc3-c3nc4cc(C)c(C)cc4n31)C(=O)N2C. The van der Waals surface area contributed by atoms with Crippen LogP contribution in [-0.4, -0.2) is 22.5 Å². The lowest BCUT2D eigenvalue weighted by atomic mass is 9.94. The number of aromatic nitrogens is 2. The Morgan fingerprint density at radius 1 is 0.967 bits per heavy atom. The maximum atomic E-state index is 13.9. The van der Waals surface area contributed by atoms with Gasteiger partial charge < -0.3 is 10.2 Å². The number of carbonyl (C=O) groups excluding carboxylic acids is 1. The van der Waals surface area contributed by atoms with Crippen LogP contribution in [0, 0.1) is 20.8 Å². The number of imidazole rings is 1. The lowest BCUT2D eigenvalue weighted by Crippen LogP contribution is -2.52. The summed E-state index contributed by atoms with van der Waals surface area (Å²) in [7, 11) is 1.85. The van der Waals surface area contributed by atoms with Crippen LogP contribution in [0.5, 0.6) is 0 Å². The van der Waals surface area contributed by atoms with Crippen molar-refractivity contribution >= 4 is 28.3 Å². The van der Waals surface area contributed by atoms with Crippen molar-refractivity contribution in [2.24, 2.45) is 0 Å². The molecule has 4 aromatic rings. The van der Waals surface area contributed by atoms with Crippen molar-refractivity contribution in [2.45, 2.75) is 26.4 Å². The van der Waals surface area contributed by atoms with Crippen LogP contribution in [0.3, 0.4) is 0 Å². The van der Waals surface area contributed by atoms with Gasteiger partial charge in [-0.3, -0.25) is 9.36 Å². The molecule has 5 heteroatoms. The molecule has 0 bridgehead atoms. The Morgan fingerprint density at radius 3 is 2.57 bits per heavy atom. The summed E-state index contributed by atoms with van der Waals surface area (Å²) in [6.45, 7) is 6.27. The van der Waals surface area contributed by atoms with E-state index in [9.17, 15) is 4.79 Å². The Kier molecular flexibility index (Phi) is 3.17. The Bertz CT molecular complexity index is 1400. The van der Waals surface area contributed by atoms with Gasteiger partial charge in [0, 0.05) is 23.9 Å². The van der Waals surface area contributed by atoms with E-state index in [-0.39, 0.29) is 5.91 Å². The quantitative estimate of drug-likeness (QED) is 0.469. The average molecular weight is 394 g/mol. The highest BCUT2D eigenvalue weighted by molar-refractivity contribution is 6.11. The van der Waals surface area contributed by atoms with E-state index in [1.54, 1.807) is 4.90 Å². The minimum absolute atomic E-state index is 0.00335. The molecule has 1 aromatic heterocycles. The van der Waals surface area contributed by atoms with Gasteiger partial charge in [-0.05, 0) is 68.3 Å². The molecule has 1 spiro atoms. The third-order valence-electron chi connectivity index (χ3n) is 6.61. The summed E-state index contributed by atoms with van der Waals surface area (Å²) in [5.74, 6) is 0.817. The molecule has 1 atom stereocenters. The zero-order chi connectivity index (χ0) is 20.8. The fourth-order valence-corrected chi connectivity index (χ4v) is 4.93. The van der Waals surface area contributed by atoms with Crippen molar-refractivity contribution < 1.29 is 4.79 Å². The largest absolute Gasteiger partial charge is 0.350 e. The Labute approximate surface area is 175 Å². The third kappa shape index (κ3) is 1.92. The van der Waals surface area contributed by atoms with E-state index in [4.69, 9.17) is 4.98 Å². The van der Waals surface area contributed by atoms with Crippen molar-refractivity contribution in [2.75, 3.05) is 17.3 Å². The summed E-state index contributed by atoms with van der Waals surface area (Å²) in [5.41, 5.74) is 8.12. The second-order valence-corrected chi connectivity index (χ2v) is 8.46. The lowest BCUT2D eigenvalue weighted by Gasteiger charge is -2.38. The monoisotopic (exact) mass is 394 g/mol. The highest BCUT2D eigenvalue weighted by Gasteiger charge is 2.55. The number of para-hydroxylation sites is 1. The smallest absolute Gasteiger partial charge is 0.278 e. The number of rotatable bonds is 0. The van der Waals surface area contributed by atoms with Crippen LogP contribution in [0.4, 0.5) is 11.4 Å². The van der Waals surface area contributed by atoms with E-state index in [2.05, 4.69) is 61.0 Å². The predicted octanol–water partition coefficient (Wildman–Crippen LogP) is 4.73. The average Bonchev–Trinajstić information content (AvgIpc) is 3.19. The molecule has 1 amide bonds. The molecule has 1 unspecified atom stereocenters. The fraction of sp³-hybridized carbons (Fsp3) is 0.200. The summed E-state index contributed by atoms with van der Waals surface area (Å²) in [4.78, 5) is 20.7. The van der Waals surface area contributed by atoms with Crippen molar-refractivity contribution in [1.82, 2.24) is 9.55 Å². The van der Waals surface area contributed by atoms with Gasteiger partial charge in [0.1, 0.15) is 5.82 Å². The first-order valence-corrected chi connectivity index (χ1v) is 10.2. The van der Waals surface area contributed by atoms with E-state index in [1.165, 1.54) is 11.1 Å². The number of hydrogen-bond acceptors (Lipinski definition) is 3. The first-order chi connectivity index (χ1) is 14.4. The number of amides is 1. The molecule has 1 N–H and O–H groups in total. The molecule has 6 rings (SSSR count). The highest BCUT2D eigenvalue weighted by atomic mass is 16.2. The Hall–Kier alpha value is -3.60. The first-order valence-electron chi connectivity index (χ1n) is 10.2. The molecule has 148 valence electrons. The molecular formula is C25H22N4O. The van der Waals surface area contributed by atoms with Gasteiger partial charge in [0.15, 0.2) is 0 Å². The van der Waals surface area contributed by atoms with Gasteiger partial charge >= 0.3 is 0 Å². The second kappa shape index (κ2) is 5.51. The van der Waals surface area contributed by atoms with Gasteiger partial charge in [-0.1, -0.05) is 23.8 Å². The van der Waals surface area contributed by atoms with Crippen LogP contribution >= 0.6 is 0 Å². The third-order valence-corrected chi connectivity index (χ3v) is 6.61. The molecule has 0 fully saturated rings. The number of benzene rings is 3. The Balaban J connectivity index is 1.81. The molecule has 5 nitrogen and oxygen atoms in total. The number of nitrogens with one attached hydrogen (secondary N) is 1. The number of fused-ring (bicyclic) bond motifs is 8. The van der Waals surface area contributed by atoms with Crippen LogP contribution < -0.4 is 10.2 Å². The summed E-state index contributed by atoms with van der Waals surface area (Å²) >= 11 is 0. The molecule has 30 heavy (non-hydrogen) atoms. The molecule has 2 aliphatic heterocycles. The summed E-state index contributed by atoms with van der Waals surface area (Å²) in [6, 6.07) is 18.6. The maximum absolute atomic E-state index is 13.9. The maximum Gasteiger partial charge on any atom is 0.278 e. The molecule has 0 aliphatic carbocycles. The predicted molar refractivity (Wildman–Crippen MR) is 120 cm³/mol. The molecule has 0 radical (unpaired) electrons. The molecule has 3 aromatic carbocycles. The van der Waals surface area contributed by atoms with Crippen molar-refractivity contribution in [1.29, 1.82) is 0 Å². The van der Waals surface area contributed by atoms with Crippen LogP contribution in [0.2, 0.25) is 0 Å². The van der Waals surface area contributed by atoms with Crippen molar-refractivity contribution in [3.8, 4) is 11.4 Å². The van der Waals surface area contributed by atoms with E-state index < -0.39 is 5.66 Å². The van der Waals surface area contributed by atoms with Gasteiger partial charge in [-0.25, -0.2) is 4.98 Å². The minimum Gasteiger partial charge on any atom is -0.350 e. The zero-order valence-electron chi connectivity index (χ0n) is 17.4. The Morgan fingerprint density at radius 2 is 1.73 bits per heavy atom. The molecule has 3 heterocycles. The summed E-state index contributed by atoms with van der Waals surface area (Å²) in [5, 5.41) is 3.64. The summed E-state index contributed by atoms with van der Waals surface area (Å²) in [6.07, 6.45) is 0. The number of anilines is 2. The number of likely N-dealkylation sites (N-methyl/N-ethyl adjacent to an activating group) is 1. The van der Waals surface area contributed by atoms with E-state index in [0.29, 0.717) is 0 Å².